The molecule has 0 spiro atoms. The molecule has 176 valence electrons. The van der Waals surface area contributed by atoms with Crippen molar-refractivity contribution in [2.75, 3.05) is 33.3 Å². The van der Waals surface area contributed by atoms with E-state index in [-0.39, 0.29) is 17.1 Å². The van der Waals surface area contributed by atoms with Gasteiger partial charge in [-0.2, -0.15) is 0 Å². The molecule has 0 radical (unpaired) electrons. The van der Waals surface area contributed by atoms with Crippen molar-refractivity contribution >= 4 is 33.2 Å². The molecule has 1 aliphatic rings. The van der Waals surface area contributed by atoms with Gasteiger partial charge in [-0.05, 0) is 23.8 Å². The van der Waals surface area contributed by atoms with E-state index in [1.807, 2.05) is 35.7 Å². The van der Waals surface area contributed by atoms with Crippen LogP contribution in [0.5, 0.6) is 5.75 Å². The Labute approximate surface area is 205 Å². The molecule has 1 fully saturated rings. The van der Waals surface area contributed by atoms with Gasteiger partial charge >= 0.3 is 0 Å². The summed E-state index contributed by atoms with van der Waals surface area (Å²) in [5.41, 5.74) is 2.43. The predicted octanol–water partition coefficient (Wildman–Crippen LogP) is 4.77. The molecule has 0 aliphatic carbocycles. The monoisotopic (exact) mass is 498 g/mol. The number of fused-ring (bicyclic) bond motifs is 1. The quantitative estimate of drug-likeness (QED) is 0.415. The lowest BCUT2D eigenvalue weighted by atomic mass is 10.1. The number of rotatable bonds is 6. The van der Waals surface area contributed by atoms with Gasteiger partial charge in [0.2, 0.25) is 0 Å². The number of aromatic amines is 1. The van der Waals surface area contributed by atoms with Crippen LogP contribution >= 0.6 is 22.9 Å². The van der Waals surface area contributed by atoms with Crippen LogP contribution in [0.25, 0.3) is 21.3 Å². The zero-order chi connectivity index (χ0) is 23.7. The minimum absolute atomic E-state index is 0.142. The van der Waals surface area contributed by atoms with Crippen LogP contribution in [-0.2, 0) is 13.1 Å². The van der Waals surface area contributed by atoms with E-state index in [0.29, 0.717) is 34.2 Å². The van der Waals surface area contributed by atoms with Gasteiger partial charge in [0.25, 0.3) is 5.56 Å². The minimum atomic E-state index is -0.338. The lowest BCUT2D eigenvalue weighted by Gasteiger charge is -2.34. The van der Waals surface area contributed by atoms with E-state index >= 15 is 0 Å². The molecular formula is C25H24ClFN4O2S. The zero-order valence-corrected chi connectivity index (χ0v) is 20.3. The number of halogens is 2. The lowest BCUT2D eigenvalue weighted by molar-refractivity contribution is 0.120. The molecule has 0 bridgehead atoms. The molecule has 1 N–H and O–H groups in total. The van der Waals surface area contributed by atoms with Gasteiger partial charge in [0.1, 0.15) is 10.7 Å². The van der Waals surface area contributed by atoms with Crippen molar-refractivity contribution in [1.82, 2.24) is 19.8 Å². The fraction of sp³-hybridized carbons (Fsp3) is 0.280. The Balaban J connectivity index is 1.25. The molecule has 34 heavy (non-hydrogen) atoms. The molecular weight excluding hydrogens is 475 g/mol. The number of nitrogens with one attached hydrogen (secondary N) is 1. The first-order chi connectivity index (χ1) is 16.5. The fourth-order valence-electron chi connectivity index (χ4n) is 4.33. The molecule has 3 heterocycles. The third-order valence-electron chi connectivity index (χ3n) is 6.12. The predicted molar refractivity (Wildman–Crippen MR) is 134 cm³/mol. The van der Waals surface area contributed by atoms with Crippen LogP contribution in [0.4, 0.5) is 4.39 Å². The molecule has 0 unspecified atom stereocenters. The molecule has 2 aromatic heterocycles. The van der Waals surface area contributed by atoms with E-state index in [1.165, 1.54) is 24.5 Å². The Bertz CT molecular complexity index is 1380. The summed E-state index contributed by atoms with van der Waals surface area (Å²) in [6, 6.07) is 12.6. The van der Waals surface area contributed by atoms with Crippen molar-refractivity contribution in [2.45, 2.75) is 13.1 Å². The number of ether oxygens (including phenoxy) is 1. The SMILES string of the molecule is COc1ccc(CN2CCN(Cc3nc4scc(-c5ccccc5Cl)c4c(=O)[nH]3)CC2)cc1F. The van der Waals surface area contributed by atoms with Crippen molar-refractivity contribution in [1.29, 1.82) is 0 Å². The summed E-state index contributed by atoms with van der Waals surface area (Å²) >= 11 is 7.81. The van der Waals surface area contributed by atoms with Crippen LogP contribution in [0.3, 0.4) is 0 Å². The number of piperazine rings is 1. The van der Waals surface area contributed by atoms with E-state index in [2.05, 4.69) is 14.8 Å². The maximum absolute atomic E-state index is 14.0. The highest BCUT2D eigenvalue weighted by molar-refractivity contribution is 7.17. The second-order valence-corrected chi connectivity index (χ2v) is 9.61. The van der Waals surface area contributed by atoms with Crippen molar-refractivity contribution in [2.24, 2.45) is 0 Å². The summed E-state index contributed by atoms with van der Waals surface area (Å²) in [7, 11) is 1.47. The van der Waals surface area contributed by atoms with Gasteiger partial charge in [0.15, 0.2) is 11.6 Å². The zero-order valence-electron chi connectivity index (χ0n) is 18.7. The van der Waals surface area contributed by atoms with Crippen molar-refractivity contribution in [3.63, 3.8) is 0 Å². The number of thiophene rings is 1. The molecule has 1 aliphatic heterocycles. The first-order valence-electron chi connectivity index (χ1n) is 11.0. The van der Waals surface area contributed by atoms with Crippen LogP contribution in [0, 0.1) is 5.82 Å². The molecule has 2 aromatic carbocycles. The van der Waals surface area contributed by atoms with Gasteiger partial charge in [-0.1, -0.05) is 35.9 Å². The normalized spacial score (nSPS) is 15.1. The number of H-pyrrole nitrogens is 1. The largest absolute Gasteiger partial charge is 0.494 e. The Morgan fingerprint density at radius 1 is 1.09 bits per heavy atom. The van der Waals surface area contributed by atoms with Gasteiger partial charge in [-0.15, -0.1) is 11.3 Å². The molecule has 9 heteroatoms. The van der Waals surface area contributed by atoms with E-state index in [1.54, 1.807) is 6.07 Å². The Morgan fingerprint density at radius 3 is 2.53 bits per heavy atom. The van der Waals surface area contributed by atoms with Gasteiger partial charge in [-0.25, -0.2) is 9.37 Å². The van der Waals surface area contributed by atoms with Crippen LogP contribution in [0.1, 0.15) is 11.4 Å². The van der Waals surface area contributed by atoms with Crippen molar-refractivity contribution in [3.05, 3.63) is 80.4 Å². The smallest absolute Gasteiger partial charge is 0.260 e. The second kappa shape index (κ2) is 9.84. The fourth-order valence-corrected chi connectivity index (χ4v) is 5.53. The average molecular weight is 499 g/mol. The van der Waals surface area contributed by atoms with Crippen molar-refractivity contribution in [3.8, 4) is 16.9 Å². The summed E-state index contributed by atoms with van der Waals surface area (Å²) in [6.07, 6.45) is 0. The molecule has 0 amide bonds. The summed E-state index contributed by atoms with van der Waals surface area (Å²) in [5.74, 6) is 0.586. The van der Waals surface area contributed by atoms with Crippen LogP contribution in [0.15, 0.2) is 52.6 Å². The molecule has 1 saturated heterocycles. The lowest BCUT2D eigenvalue weighted by Crippen LogP contribution is -2.45. The molecule has 4 aromatic rings. The first kappa shape index (κ1) is 23.0. The number of aromatic nitrogens is 2. The number of methoxy groups -OCH3 is 1. The van der Waals surface area contributed by atoms with E-state index in [4.69, 9.17) is 21.3 Å². The minimum Gasteiger partial charge on any atom is -0.494 e. The van der Waals surface area contributed by atoms with Gasteiger partial charge < -0.3 is 9.72 Å². The molecule has 0 saturated carbocycles. The van der Waals surface area contributed by atoms with E-state index in [9.17, 15) is 9.18 Å². The second-order valence-electron chi connectivity index (χ2n) is 8.34. The highest BCUT2D eigenvalue weighted by Gasteiger charge is 2.20. The van der Waals surface area contributed by atoms with E-state index in [0.717, 1.165) is 42.9 Å². The summed E-state index contributed by atoms with van der Waals surface area (Å²) < 4.78 is 19.0. The van der Waals surface area contributed by atoms with E-state index < -0.39 is 0 Å². The van der Waals surface area contributed by atoms with Gasteiger partial charge in [-0.3, -0.25) is 14.6 Å². The number of hydrogen-bond acceptors (Lipinski definition) is 6. The van der Waals surface area contributed by atoms with Gasteiger partial charge in [0, 0.05) is 54.3 Å². The topological polar surface area (TPSA) is 61.5 Å². The van der Waals surface area contributed by atoms with Gasteiger partial charge in [0.05, 0.1) is 19.0 Å². The summed E-state index contributed by atoms with van der Waals surface area (Å²) in [6.45, 7) is 4.67. The van der Waals surface area contributed by atoms with Crippen LogP contribution < -0.4 is 10.3 Å². The third-order valence-corrected chi connectivity index (χ3v) is 7.32. The molecule has 0 atom stereocenters. The Hall–Kier alpha value is -2.78. The Morgan fingerprint density at radius 2 is 1.82 bits per heavy atom. The summed E-state index contributed by atoms with van der Waals surface area (Å²) in [5, 5.41) is 3.14. The van der Waals surface area contributed by atoms with Crippen LogP contribution in [-0.4, -0.2) is 53.1 Å². The maximum atomic E-state index is 14.0. The maximum Gasteiger partial charge on any atom is 0.260 e. The van der Waals surface area contributed by atoms with Crippen LogP contribution in [0.2, 0.25) is 5.02 Å². The third kappa shape index (κ3) is 4.72. The van der Waals surface area contributed by atoms with Crippen molar-refractivity contribution < 1.29 is 9.13 Å². The highest BCUT2D eigenvalue weighted by Crippen LogP contribution is 2.34. The first-order valence-corrected chi connectivity index (χ1v) is 12.3. The highest BCUT2D eigenvalue weighted by atomic mass is 35.5. The Kier molecular flexibility index (Phi) is 6.65. The molecule has 5 rings (SSSR count). The average Bonchev–Trinajstić information content (AvgIpc) is 3.25. The number of nitrogens with zero attached hydrogens (tertiary/aromatic N) is 3. The number of benzene rings is 2. The summed E-state index contributed by atoms with van der Waals surface area (Å²) in [4.78, 5) is 25.9. The molecule has 6 nitrogen and oxygen atoms in total. The standard InChI is InChI=1S/C25H24ClFN4O2S/c1-33-21-7-6-16(12-20(21)27)13-30-8-10-31(11-9-30)14-22-28-24(32)23-18(15-34-25(23)29-22)17-4-2-3-5-19(17)26/h2-7,12,15H,8-11,13-14H2,1H3,(H,28,29,32). The number of hydrogen-bond donors (Lipinski definition) is 1.